The van der Waals surface area contributed by atoms with Crippen molar-refractivity contribution in [2.45, 2.75) is 58.3 Å². The first kappa shape index (κ1) is 15.6. The van der Waals surface area contributed by atoms with Crippen LogP contribution < -0.4 is 0 Å². The van der Waals surface area contributed by atoms with Gasteiger partial charge in [-0.3, -0.25) is 9.59 Å². The van der Waals surface area contributed by atoms with Crippen LogP contribution in [0.2, 0.25) is 0 Å². The summed E-state index contributed by atoms with van der Waals surface area (Å²) in [5.74, 6) is 3.18. The second-order valence-electron chi connectivity index (χ2n) is 8.60. The summed E-state index contributed by atoms with van der Waals surface area (Å²) in [6, 6.07) is 0. The summed E-state index contributed by atoms with van der Waals surface area (Å²) in [6.45, 7) is 2.02. The van der Waals surface area contributed by atoms with Gasteiger partial charge in [0.25, 0.3) is 0 Å². The summed E-state index contributed by atoms with van der Waals surface area (Å²) in [6.07, 6.45) is 10.4. The molecule has 3 heteroatoms. The van der Waals surface area contributed by atoms with E-state index in [2.05, 4.69) is 6.92 Å². The summed E-state index contributed by atoms with van der Waals surface area (Å²) < 4.78 is 0. The summed E-state index contributed by atoms with van der Waals surface area (Å²) in [5.41, 5.74) is 1.53. The number of rotatable bonds is 2. The SMILES string of the molecule is C[C@]12CC[C@H]3[C@H](CCC4=CC(=O)CC[C@H]43)[C@@H]1CC[C@@H]2C(=O)CO. The highest BCUT2D eigenvalue weighted by atomic mass is 16.3. The largest absolute Gasteiger partial charge is 0.389 e. The standard InChI is InChI=1S/C20H28O3/c1-20-9-8-15-14-5-3-13(22)10-12(14)2-4-16(15)17(20)6-7-18(20)19(23)11-21/h10,14-18,21H,2-9,11H2,1H3/t14-,15-,16+,17+,18-,20+/m1/s1. The molecule has 0 amide bonds. The molecule has 4 rings (SSSR count). The van der Waals surface area contributed by atoms with Gasteiger partial charge in [-0.1, -0.05) is 12.5 Å². The molecule has 1 N–H and O–H groups in total. The molecule has 0 aliphatic heterocycles. The van der Waals surface area contributed by atoms with E-state index in [1.54, 1.807) is 0 Å². The lowest BCUT2D eigenvalue weighted by Gasteiger charge is -2.53. The fourth-order valence-corrected chi connectivity index (χ4v) is 6.82. The van der Waals surface area contributed by atoms with Crippen LogP contribution in [-0.4, -0.2) is 23.3 Å². The van der Waals surface area contributed by atoms with Crippen molar-refractivity contribution in [3.8, 4) is 0 Å². The van der Waals surface area contributed by atoms with Crippen LogP contribution in [0.5, 0.6) is 0 Å². The smallest absolute Gasteiger partial charge is 0.161 e. The Labute approximate surface area is 138 Å². The van der Waals surface area contributed by atoms with Gasteiger partial charge in [-0.15, -0.1) is 0 Å². The Morgan fingerprint density at radius 2 is 2.00 bits per heavy atom. The Kier molecular flexibility index (Phi) is 3.75. The van der Waals surface area contributed by atoms with Crippen molar-refractivity contribution in [3.05, 3.63) is 11.6 Å². The van der Waals surface area contributed by atoms with Crippen LogP contribution in [-0.2, 0) is 9.59 Å². The minimum atomic E-state index is -0.293. The van der Waals surface area contributed by atoms with E-state index in [0.29, 0.717) is 17.6 Å². The highest BCUT2D eigenvalue weighted by Crippen LogP contribution is 2.63. The van der Waals surface area contributed by atoms with Crippen LogP contribution in [0.4, 0.5) is 0 Å². The molecular weight excluding hydrogens is 288 g/mol. The molecule has 0 aromatic rings. The van der Waals surface area contributed by atoms with Gasteiger partial charge in [0, 0.05) is 12.3 Å². The van der Waals surface area contributed by atoms with Crippen molar-refractivity contribution in [3.63, 3.8) is 0 Å². The van der Waals surface area contributed by atoms with E-state index in [-0.39, 0.29) is 23.7 Å². The molecule has 126 valence electrons. The Morgan fingerprint density at radius 3 is 2.78 bits per heavy atom. The number of ketones is 2. The molecule has 23 heavy (non-hydrogen) atoms. The number of fused-ring (bicyclic) bond motifs is 5. The van der Waals surface area contributed by atoms with Crippen LogP contribution in [0.1, 0.15) is 58.3 Å². The van der Waals surface area contributed by atoms with Crippen molar-refractivity contribution in [1.82, 2.24) is 0 Å². The number of aliphatic hydroxyl groups is 1. The molecular formula is C20H28O3. The summed E-state index contributed by atoms with van der Waals surface area (Å²) in [4.78, 5) is 23.9. The van der Waals surface area contributed by atoms with Gasteiger partial charge in [0.1, 0.15) is 6.61 Å². The predicted octanol–water partition coefficient (Wildman–Crippen LogP) is 3.31. The van der Waals surface area contributed by atoms with Crippen LogP contribution >= 0.6 is 0 Å². The third-order valence-electron chi connectivity index (χ3n) is 7.84. The first-order valence-corrected chi connectivity index (χ1v) is 9.41. The van der Waals surface area contributed by atoms with E-state index in [4.69, 9.17) is 0 Å². The molecule has 0 aromatic carbocycles. The molecule has 3 saturated carbocycles. The maximum absolute atomic E-state index is 12.2. The van der Waals surface area contributed by atoms with Gasteiger partial charge in [0.05, 0.1) is 0 Å². The molecule has 3 nitrogen and oxygen atoms in total. The fourth-order valence-electron chi connectivity index (χ4n) is 6.82. The van der Waals surface area contributed by atoms with E-state index in [1.165, 1.54) is 18.4 Å². The van der Waals surface area contributed by atoms with Gasteiger partial charge in [0.15, 0.2) is 11.6 Å². The highest BCUT2D eigenvalue weighted by Gasteiger charge is 2.57. The lowest BCUT2D eigenvalue weighted by molar-refractivity contribution is -0.132. The number of carbonyl (C=O) groups is 2. The Bertz CT molecular complexity index is 563. The van der Waals surface area contributed by atoms with Crippen LogP contribution in [0, 0.1) is 35.0 Å². The molecule has 0 unspecified atom stereocenters. The van der Waals surface area contributed by atoms with Crippen molar-refractivity contribution < 1.29 is 14.7 Å². The third-order valence-corrected chi connectivity index (χ3v) is 7.84. The number of Topliss-reactive ketones (excluding diaryl/α,β-unsaturated/α-hetero) is 1. The predicted molar refractivity (Wildman–Crippen MR) is 87.7 cm³/mol. The summed E-state index contributed by atoms with van der Waals surface area (Å²) in [5, 5.41) is 9.32. The quantitative estimate of drug-likeness (QED) is 0.850. The van der Waals surface area contributed by atoms with Crippen LogP contribution in [0.15, 0.2) is 11.6 Å². The van der Waals surface area contributed by atoms with Gasteiger partial charge in [-0.2, -0.15) is 0 Å². The van der Waals surface area contributed by atoms with Crippen molar-refractivity contribution in [2.75, 3.05) is 6.61 Å². The van der Waals surface area contributed by atoms with E-state index in [1.807, 2.05) is 6.08 Å². The maximum Gasteiger partial charge on any atom is 0.161 e. The third kappa shape index (κ3) is 2.26. The van der Waals surface area contributed by atoms with Crippen molar-refractivity contribution in [1.29, 1.82) is 0 Å². The first-order chi connectivity index (χ1) is 11.0. The molecule has 3 fully saturated rings. The Morgan fingerprint density at radius 1 is 1.17 bits per heavy atom. The second kappa shape index (κ2) is 5.54. The topological polar surface area (TPSA) is 54.4 Å². The fraction of sp³-hybridized carbons (Fsp3) is 0.800. The Hall–Kier alpha value is -0.960. The number of allylic oxidation sites excluding steroid dienone is 1. The molecule has 4 aliphatic carbocycles. The highest BCUT2D eigenvalue weighted by molar-refractivity contribution is 5.91. The van der Waals surface area contributed by atoms with Gasteiger partial charge >= 0.3 is 0 Å². The van der Waals surface area contributed by atoms with Gasteiger partial charge < -0.3 is 5.11 Å². The number of carbonyl (C=O) groups excluding carboxylic acids is 2. The average Bonchev–Trinajstić information content (AvgIpc) is 2.90. The van der Waals surface area contributed by atoms with Crippen LogP contribution in [0.3, 0.4) is 0 Å². The summed E-state index contributed by atoms with van der Waals surface area (Å²) in [7, 11) is 0. The lowest BCUT2D eigenvalue weighted by Crippen LogP contribution is -2.47. The normalized spacial score (nSPS) is 45.7. The van der Waals surface area contributed by atoms with Gasteiger partial charge in [-0.25, -0.2) is 0 Å². The molecule has 6 atom stereocenters. The molecule has 0 heterocycles. The minimum Gasteiger partial charge on any atom is -0.389 e. The zero-order valence-corrected chi connectivity index (χ0v) is 14.1. The van der Waals surface area contributed by atoms with Gasteiger partial charge in [0.2, 0.25) is 0 Å². The molecule has 0 bridgehead atoms. The number of aliphatic hydroxyl groups excluding tert-OH is 1. The molecule has 0 radical (unpaired) electrons. The molecule has 0 saturated heterocycles. The van der Waals surface area contributed by atoms with E-state index < -0.39 is 0 Å². The zero-order chi connectivity index (χ0) is 16.2. The van der Waals surface area contributed by atoms with E-state index >= 15 is 0 Å². The Balaban J connectivity index is 1.60. The molecule has 0 spiro atoms. The van der Waals surface area contributed by atoms with E-state index in [9.17, 15) is 14.7 Å². The number of hydrogen-bond donors (Lipinski definition) is 1. The summed E-state index contributed by atoms with van der Waals surface area (Å²) >= 11 is 0. The molecule has 0 aromatic heterocycles. The number of hydrogen-bond acceptors (Lipinski definition) is 3. The first-order valence-electron chi connectivity index (χ1n) is 9.41. The lowest BCUT2D eigenvalue weighted by atomic mass is 9.51. The minimum absolute atomic E-state index is 0.0631. The monoisotopic (exact) mass is 316 g/mol. The van der Waals surface area contributed by atoms with E-state index in [0.717, 1.165) is 50.4 Å². The maximum atomic E-state index is 12.2. The van der Waals surface area contributed by atoms with Crippen LogP contribution in [0.25, 0.3) is 0 Å². The van der Waals surface area contributed by atoms with Crippen molar-refractivity contribution in [2.24, 2.45) is 35.0 Å². The molecule has 4 aliphatic rings. The average molecular weight is 316 g/mol. The zero-order valence-electron chi connectivity index (χ0n) is 14.1. The van der Waals surface area contributed by atoms with Crippen molar-refractivity contribution >= 4 is 11.6 Å². The second-order valence-corrected chi connectivity index (χ2v) is 8.60. The van der Waals surface area contributed by atoms with Gasteiger partial charge in [-0.05, 0) is 80.1 Å².